The van der Waals surface area contributed by atoms with Gasteiger partial charge in [0.1, 0.15) is 35.9 Å². The van der Waals surface area contributed by atoms with E-state index in [1.807, 2.05) is 0 Å². The molecule has 11 nitrogen and oxygen atoms in total. The third-order valence-corrected chi connectivity index (χ3v) is 5.13. The van der Waals surface area contributed by atoms with Gasteiger partial charge in [0, 0.05) is 17.7 Å². The average molecular weight is 485 g/mol. The summed E-state index contributed by atoms with van der Waals surface area (Å²) < 4.78 is 16.8. The lowest BCUT2D eigenvalue weighted by atomic mass is 9.99. The summed E-state index contributed by atoms with van der Waals surface area (Å²) in [5.41, 5.74) is -0.255. The van der Waals surface area contributed by atoms with Crippen LogP contribution in [0.5, 0.6) is 23.0 Å². The Balaban J connectivity index is 0.00000306. The molecule has 1 aromatic rings. The molecule has 0 bridgehead atoms. The molecule has 7 N–H and O–H groups in total. The van der Waals surface area contributed by atoms with Crippen LogP contribution >= 0.6 is 12.4 Å². The lowest BCUT2D eigenvalue weighted by Crippen LogP contribution is -2.60. The Kier molecular flexibility index (Phi) is 7.03. The third kappa shape index (κ3) is 4.55. The first kappa shape index (κ1) is 24.6. The van der Waals surface area contributed by atoms with Crippen LogP contribution in [0.3, 0.4) is 0 Å². The second-order valence-corrected chi connectivity index (χ2v) is 7.31. The van der Waals surface area contributed by atoms with Gasteiger partial charge in [0.2, 0.25) is 6.29 Å². The van der Waals surface area contributed by atoms with E-state index in [0.29, 0.717) is 0 Å². The molecule has 0 radical (unpaired) electrons. The van der Waals surface area contributed by atoms with Crippen molar-refractivity contribution in [1.82, 2.24) is 0 Å². The molecule has 33 heavy (non-hydrogen) atoms. The Bertz CT molecular complexity index is 1160. The quantitative estimate of drug-likeness (QED) is 0.249. The Hall–Kier alpha value is -3.06. The molecular formula is C21H21ClO11. The molecule has 1 saturated heterocycles. The van der Waals surface area contributed by atoms with Gasteiger partial charge in [0.05, 0.1) is 12.2 Å². The fourth-order valence-electron chi connectivity index (χ4n) is 3.42. The highest BCUT2D eigenvalue weighted by Gasteiger charge is 2.45. The molecule has 0 aromatic heterocycles. The van der Waals surface area contributed by atoms with Gasteiger partial charge in [-0.15, -0.1) is 12.4 Å². The maximum Gasteiger partial charge on any atom is 0.229 e. The normalized spacial score (nSPS) is 24.9. The van der Waals surface area contributed by atoms with Crippen LogP contribution < -0.4 is 10.2 Å². The van der Waals surface area contributed by atoms with E-state index in [-0.39, 0.29) is 40.8 Å². The molecule has 0 saturated carbocycles. The van der Waals surface area contributed by atoms with E-state index in [9.17, 15) is 40.5 Å². The van der Waals surface area contributed by atoms with E-state index in [4.69, 9.17) is 13.9 Å². The molecule has 5 unspecified atom stereocenters. The number of aliphatic hydroxyl groups excluding tert-OH is 4. The van der Waals surface area contributed by atoms with Gasteiger partial charge in [-0.1, -0.05) is 0 Å². The monoisotopic (exact) mass is 484 g/mol. The van der Waals surface area contributed by atoms with Crippen LogP contribution in [0.1, 0.15) is 0 Å². The van der Waals surface area contributed by atoms with Crippen LogP contribution in [0.25, 0.3) is 22.6 Å². The molecule has 0 spiro atoms. The van der Waals surface area contributed by atoms with Crippen molar-refractivity contribution < 1.29 is 49.6 Å². The summed E-state index contributed by atoms with van der Waals surface area (Å²) >= 11 is 0. The Morgan fingerprint density at radius 1 is 0.879 bits per heavy atom. The molecule has 2 aliphatic heterocycles. The number of hydrogen-bond acceptors (Lipinski definition) is 11. The van der Waals surface area contributed by atoms with E-state index >= 15 is 0 Å². The highest BCUT2D eigenvalue weighted by Crippen LogP contribution is 2.43. The summed E-state index contributed by atoms with van der Waals surface area (Å²) in [6, 6.07) is 7.08. The van der Waals surface area contributed by atoms with E-state index < -0.39 is 60.0 Å². The molecule has 178 valence electrons. The number of fused-ring (bicyclic) bond motifs is 1. The molecular weight excluding hydrogens is 464 g/mol. The minimum Gasteiger partial charge on any atom is -0.507 e. The largest absolute Gasteiger partial charge is 0.507 e. The smallest absolute Gasteiger partial charge is 0.229 e. The van der Waals surface area contributed by atoms with Crippen molar-refractivity contribution in [2.24, 2.45) is 0 Å². The zero-order valence-corrected chi connectivity index (χ0v) is 17.5. The number of rotatable bonds is 4. The topological polar surface area (TPSA) is 190 Å². The van der Waals surface area contributed by atoms with Crippen LogP contribution in [-0.2, 0) is 4.74 Å². The van der Waals surface area contributed by atoms with Crippen molar-refractivity contribution in [3.63, 3.8) is 0 Å². The molecule has 5 atom stereocenters. The highest BCUT2D eigenvalue weighted by molar-refractivity contribution is 5.85. The zero-order valence-electron chi connectivity index (χ0n) is 16.7. The molecule has 12 heteroatoms. The van der Waals surface area contributed by atoms with Crippen molar-refractivity contribution in [3.8, 4) is 45.6 Å². The van der Waals surface area contributed by atoms with Crippen molar-refractivity contribution in [1.29, 1.82) is 0 Å². The van der Waals surface area contributed by atoms with Crippen LogP contribution in [0, 0.1) is 0 Å². The lowest BCUT2D eigenvalue weighted by Gasteiger charge is -2.39. The molecule has 4 rings (SSSR count). The van der Waals surface area contributed by atoms with Gasteiger partial charge in [0.25, 0.3) is 0 Å². The minimum atomic E-state index is -1.72. The molecule has 1 fully saturated rings. The standard InChI is InChI=1S/C21H20O11.ClH/c22-7-16-17(27)18(28)19(29)21(32-16)31-15-6-10-12(25)4-9(23)5-14(10)30-20(15)8-1-2-11(24)13(26)3-8;/h1-6,16-19,21-22,24-29H,7H2;1H. The number of aliphatic hydroxyl groups is 4. The first-order valence-electron chi connectivity index (χ1n) is 9.50. The predicted octanol–water partition coefficient (Wildman–Crippen LogP) is 0.129. The maximum absolute atomic E-state index is 11.8. The second kappa shape index (κ2) is 9.43. The fourth-order valence-corrected chi connectivity index (χ4v) is 3.42. The van der Waals surface area contributed by atoms with Crippen LogP contribution in [-0.4, -0.2) is 73.1 Å². The Morgan fingerprint density at radius 3 is 2.27 bits per heavy atom. The summed E-state index contributed by atoms with van der Waals surface area (Å²) in [7, 11) is 0. The van der Waals surface area contributed by atoms with Crippen LogP contribution in [0.15, 0.2) is 45.6 Å². The number of aromatic hydroxyl groups is 3. The van der Waals surface area contributed by atoms with E-state index in [1.165, 1.54) is 18.2 Å². The third-order valence-electron chi connectivity index (χ3n) is 5.13. The number of ether oxygens (including phenoxy) is 2. The summed E-state index contributed by atoms with van der Waals surface area (Å²) in [4.78, 5) is 11.8. The number of halogens is 1. The summed E-state index contributed by atoms with van der Waals surface area (Å²) in [5, 5.41) is 69.3. The molecule has 0 amide bonds. The Morgan fingerprint density at radius 2 is 1.61 bits per heavy atom. The van der Waals surface area contributed by atoms with Crippen LogP contribution in [0.4, 0.5) is 0 Å². The van der Waals surface area contributed by atoms with Gasteiger partial charge in [-0.25, -0.2) is 0 Å². The minimum absolute atomic E-state index is 0. The average Bonchev–Trinajstić information content (AvgIpc) is 2.76. The van der Waals surface area contributed by atoms with Crippen molar-refractivity contribution in [2.45, 2.75) is 30.7 Å². The van der Waals surface area contributed by atoms with Gasteiger partial charge in [0.15, 0.2) is 28.4 Å². The first-order valence-corrected chi connectivity index (χ1v) is 9.50. The Labute approximate surface area is 192 Å². The van der Waals surface area contributed by atoms with Crippen molar-refractivity contribution >= 4 is 12.4 Å². The molecule has 1 aromatic carbocycles. The van der Waals surface area contributed by atoms with Gasteiger partial charge in [-0.05, 0) is 24.3 Å². The number of phenols is 3. The number of hydrogen-bond donors (Lipinski definition) is 7. The van der Waals surface area contributed by atoms with Crippen molar-refractivity contribution in [3.05, 3.63) is 46.6 Å². The van der Waals surface area contributed by atoms with E-state index in [2.05, 4.69) is 0 Å². The van der Waals surface area contributed by atoms with Gasteiger partial charge in [-0.2, -0.15) is 0 Å². The van der Waals surface area contributed by atoms with E-state index in [1.54, 1.807) is 0 Å². The predicted molar refractivity (Wildman–Crippen MR) is 114 cm³/mol. The lowest BCUT2D eigenvalue weighted by molar-refractivity contribution is -0.277. The summed E-state index contributed by atoms with van der Waals surface area (Å²) in [6.45, 7) is -0.668. The molecule has 1 aliphatic carbocycles. The maximum atomic E-state index is 11.8. The highest BCUT2D eigenvalue weighted by atomic mass is 35.5. The van der Waals surface area contributed by atoms with Gasteiger partial charge in [-0.3, -0.25) is 4.79 Å². The first-order chi connectivity index (χ1) is 15.2. The van der Waals surface area contributed by atoms with Gasteiger partial charge >= 0.3 is 0 Å². The number of benzene rings is 2. The second-order valence-electron chi connectivity index (χ2n) is 7.31. The van der Waals surface area contributed by atoms with Crippen LogP contribution in [0.2, 0.25) is 0 Å². The summed E-state index contributed by atoms with van der Waals surface area (Å²) in [6.07, 6.45) is -7.80. The molecule has 2 heterocycles. The fraction of sp³-hybridized carbons (Fsp3) is 0.286. The SMILES string of the molecule is Cl.O=c1cc2oc(-c3ccc(O)c(O)c3)c(OC3OC(CO)C(O)C(O)C3O)cc-2c(O)c1. The van der Waals surface area contributed by atoms with Gasteiger partial charge < -0.3 is 49.6 Å². The zero-order chi connectivity index (χ0) is 23.2. The van der Waals surface area contributed by atoms with Crippen molar-refractivity contribution in [2.75, 3.05) is 6.61 Å². The molecule has 3 aliphatic rings. The number of phenolic OH excluding ortho intramolecular Hbond substituents is 3. The van der Waals surface area contributed by atoms with E-state index in [0.717, 1.165) is 18.2 Å². The summed E-state index contributed by atoms with van der Waals surface area (Å²) in [5.74, 6) is -1.51.